The van der Waals surface area contributed by atoms with E-state index in [1.54, 1.807) is 0 Å². The van der Waals surface area contributed by atoms with Gasteiger partial charge in [0.15, 0.2) is 0 Å². The van der Waals surface area contributed by atoms with Crippen LogP contribution >= 0.6 is 0 Å². The summed E-state index contributed by atoms with van der Waals surface area (Å²) in [6.45, 7) is 2.11. The van der Waals surface area contributed by atoms with Crippen LogP contribution in [0.3, 0.4) is 0 Å². The Hall–Kier alpha value is -1.15. The molecule has 0 amide bonds. The third-order valence-corrected chi connectivity index (χ3v) is 3.90. The van der Waals surface area contributed by atoms with E-state index in [1.807, 2.05) is 18.2 Å². The number of hydrogen-bond donors (Lipinski definition) is 0. The van der Waals surface area contributed by atoms with E-state index >= 15 is 0 Å². The van der Waals surface area contributed by atoms with Gasteiger partial charge in [0.25, 0.3) is 0 Å². The Balaban J connectivity index is 0.000000603. The minimum Gasteiger partial charge on any atom is -1.00 e. The summed E-state index contributed by atoms with van der Waals surface area (Å²) >= 11 is 0. The summed E-state index contributed by atoms with van der Waals surface area (Å²) in [6.07, 6.45) is 15.9. The molecule has 3 heteroatoms. The van der Waals surface area contributed by atoms with Gasteiger partial charge in [-0.1, -0.05) is 79.1 Å². The molecule has 0 radical (unpaired) electrons. The molecule has 0 N–H and O–H groups in total. The van der Waals surface area contributed by atoms with E-state index in [0.717, 1.165) is 6.42 Å². The van der Waals surface area contributed by atoms with Gasteiger partial charge < -0.3 is 24.8 Å². The van der Waals surface area contributed by atoms with Crippen LogP contribution in [-0.2, 0) is 25.8 Å². The molecule has 0 heterocycles. The largest absolute Gasteiger partial charge is 4.00 e. The van der Waals surface area contributed by atoms with Crippen molar-refractivity contribution in [3.63, 3.8) is 0 Å². The number of rotatable bonds is 2. The van der Waals surface area contributed by atoms with Crippen LogP contribution in [0.4, 0.5) is 0 Å². The molecule has 0 aromatic heterocycles. The number of benzene rings is 2. The Morgan fingerprint density at radius 2 is 1.50 bits per heavy atom. The zero-order valence-corrected chi connectivity index (χ0v) is 19.7. The van der Waals surface area contributed by atoms with Gasteiger partial charge in [-0.15, -0.1) is 12.0 Å². The molecule has 0 aliphatic heterocycles. The fourth-order valence-electron chi connectivity index (χ4n) is 2.60. The van der Waals surface area contributed by atoms with E-state index in [0.29, 0.717) is 5.92 Å². The summed E-state index contributed by atoms with van der Waals surface area (Å²) in [7, 11) is 0. The molecule has 2 aliphatic rings. The van der Waals surface area contributed by atoms with Gasteiger partial charge in [-0.25, -0.2) is 18.2 Å². The van der Waals surface area contributed by atoms with Crippen LogP contribution in [0.5, 0.6) is 0 Å². The van der Waals surface area contributed by atoms with E-state index < -0.39 is 0 Å². The summed E-state index contributed by atoms with van der Waals surface area (Å²) in [5.74, 6) is 0.298. The standard InChI is InChI=1S/C17H13.C6H7.2ClH.Hf/c1-3-7-14(8-4-1)16-11-12-17(13-16)15-9-5-2-6-10-15;1-6-4-2-3-5-6;;;/h1-11,13,17H;2,4H,5H2,1H3;2*1H;/q2*-1;;;+4/p-2. The molecule has 26 heavy (non-hydrogen) atoms. The van der Waals surface area contributed by atoms with Crippen LogP contribution in [0.25, 0.3) is 5.57 Å². The van der Waals surface area contributed by atoms with Gasteiger partial charge in [0, 0.05) is 0 Å². The van der Waals surface area contributed by atoms with Crippen molar-refractivity contribution >= 4 is 5.57 Å². The fraction of sp³-hybridized carbons (Fsp3) is 0.130. The van der Waals surface area contributed by atoms with Crippen molar-refractivity contribution in [2.75, 3.05) is 0 Å². The van der Waals surface area contributed by atoms with Crippen LogP contribution in [0.2, 0.25) is 0 Å². The molecule has 4 rings (SSSR count). The zero-order valence-electron chi connectivity index (χ0n) is 14.6. The Bertz CT molecular complexity index is 759. The fourth-order valence-corrected chi connectivity index (χ4v) is 2.60. The molecule has 0 saturated heterocycles. The molecule has 0 bridgehead atoms. The molecule has 0 saturated carbocycles. The molecule has 130 valence electrons. The van der Waals surface area contributed by atoms with E-state index in [2.05, 4.69) is 85.8 Å². The van der Waals surface area contributed by atoms with Gasteiger partial charge in [0.05, 0.1) is 0 Å². The smallest absolute Gasteiger partial charge is 1.00 e. The first-order chi connectivity index (χ1) is 11.3. The van der Waals surface area contributed by atoms with Gasteiger partial charge in [-0.05, 0) is 0 Å². The Kier molecular flexibility index (Phi) is 12.5. The third kappa shape index (κ3) is 7.23. The van der Waals surface area contributed by atoms with Crippen LogP contribution in [-0.4, -0.2) is 0 Å². The summed E-state index contributed by atoms with van der Waals surface area (Å²) in [5.41, 5.74) is 5.24. The van der Waals surface area contributed by atoms with Crippen LogP contribution in [0.1, 0.15) is 30.4 Å². The van der Waals surface area contributed by atoms with E-state index in [4.69, 9.17) is 0 Å². The van der Waals surface area contributed by atoms with Crippen molar-refractivity contribution in [1.29, 1.82) is 0 Å². The van der Waals surface area contributed by atoms with Gasteiger partial charge in [-0.3, -0.25) is 12.2 Å². The quantitative estimate of drug-likeness (QED) is 0.366. The second kappa shape index (κ2) is 13.1. The third-order valence-electron chi connectivity index (χ3n) is 3.90. The summed E-state index contributed by atoms with van der Waals surface area (Å²) in [5, 5.41) is 0. The Labute approximate surface area is 188 Å². The van der Waals surface area contributed by atoms with E-state index in [9.17, 15) is 0 Å². The van der Waals surface area contributed by atoms with Gasteiger partial charge in [-0.2, -0.15) is 17.2 Å². The Morgan fingerprint density at radius 3 is 2.00 bits per heavy atom. The maximum Gasteiger partial charge on any atom is 4.00 e. The maximum absolute atomic E-state index is 3.40. The van der Waals surface area contributed by atoms with Crippen LogP contribution in [0.15, 0.2) is 90.5 Å². The SMILES string of the molecule is CC1=CC=[C-]C1.[C-]1=CC(c2ccccc2)=CC1c1ccccc1.[Cl-].[Cl-].[Hf+4]. The van der Waals surface area contributed by atoms with Crippen molar-refractivity contribution in [2.45, 2.75) is 19.3 Å². The van der Waals surface area contributed by atoms with Gasteiger partial charge in [0.1, 0.15) is 0 Å². The minimum absolute atomic E-state index is 0. The van der Waals surface area contributed by atoms with E-state index in [-0.39, 0.29) is 50.7 Å². The predicted octanol–water partition coefficient (Wildman–Crippen LogP) is -0.0719. The molecular weight excluding hydrogens is 526 g/mol. The molecule has 1 atom stereocenters. The summed E-state index contributed by atoms with van der Waals surface area (Å²) in [4.78, 5) is 0. The monoisotopic (exact) mass is 546 g/mol. The van der Waals surface area contributed by atoms with Gasteiger partial charge in [0.2, 0.25) is 0 Å². The molecule has 2 aromatic rings. The van der Waals surface area contributed by atoms with Crippen molar-refractivity contribution in [3.05, 3.63) is 114 Å². The van der Waals surface area contributed by atoms with Crippen molar-refractivity contribution in [2.24, 2.45) is 0 Å². The molecular formula is C23H20Cl2Hf. The first kappa shape index (κ1) is 24.9. The van der Waals surface area contributed by atoms with Gasteiger partial charge >= 0.3 is 25.8 Å². The van der Waals surface area contributed by atoms with Crippen LogP contribution < -0.4 is 24.8 Å². The van der Waals surface area contributed by atoms with Crippen molar-refractivity contribution in [3.8, 4) is 0 Å². The maximum atomic E-state index is 3.40. The molecule has 2 aliphatic carbocycles. The normalized spacial score (nSPS) is 16.1. The van der Waals surface area contributed by atoms with Crippen molar-refractivity contribution in [1.82, 2.24) is 0 Å². The average molecular weight is 546 g/mol. The summed E-state index contributed by atoms with van der Waals surface area (Å²) in [6, 6.07) is 20.9. The zero-order chi connectivity index (χ0) is 15.9. The predicted molar refractivity (Wildman–Crippen MR) is 97.6 cm³/mol. The van der Waals surface area contributed by atoms with Crippen LogP contribution in [0, 0.1) is 12.2 Å². The first-order valence-corrected chi connectivity index (χ1v) is 7.97. The molecule has 0 fully saturated rings. The molecule has 0 nitrogen and oxygen atoms in total. The molecule has 0 spiro atoms. The van der Waals surface area contributed by atoms with E-state index in [1.165, 1.54) is 22.3 Å². The average Bonchev–Trinajstić information content (AvgIpc) is 3.29. The Morgan fingerprint density at radius 1 is 0.885 bits per heavy atom. The number of allylic oxidation sites excluding steroid dienone is 8. The first-order valence-electron chi connectivity index (χ1n) is 7.97. The number of halogens is 2. The minimum atomic E-state index is 0. The molecule has 1 unspecified atom stereocenters. The second-order valence-corrected chi connectivity index (χ2v) is 5.75. The summed E-state index contributed by atoms with van der Waals surface area (Å²) < 4.78 is 0. The topological polar surface area (TPSA) is 0 Å². The second-order valence-electron chi connectivity index (χ2n) is 5.75. The van der Waals surface area contributed by atoms with Crippen molar-refractivity contribution < 1.29 is 50.7 Å². The number of hydrogen-bond acceptors (Lipinski definition) is 0. The molecule has 2 aromatic carbocycles.